The molecule has 5 heteroatoms. The summed E-state index contributed by atoms with van der Waals surface area (Å²) in [6.07, 6.45) is 3.58. The van der Waals surface area contributed by atoms with Gasteiger partial charge >= 0.3 is 0 Å². The molecule has 3 rings (SSSR count). The van der Waals surface area contributed by atoms with Gasteiger partial charge in [-0.25, -0.2) is 9.18 Å². The van der Waals surface area contributed by atoms with Crippen molar-refractivity contribution in [2.45, 2.75) is 24.8 Å². The molecule has 18 heavy (non-hydrogen) atoms. The normalized spacial score (nSPS) is 19.6. The lowest BCUT2D eigenvalue weighted by Crippen LogP contribution is -2.08. The summed E-state index contributed by atoms with van der Waals surface area (Å²) in [6.45, 7) is 0.945. The zero-order valence-corrected chi connectivity index (χ0v) is 9.74. The first-order valence-corrected chi connectivity index (χ1v) is 5.94. The fraction of sp³-hybridized carbons (Fsp3) is 0.462. The number of aliphatic imine (C=N–C) groups is 1. The number of nitrogens with zero attached hydrogens (tertiary/aromatic N) is 1. The number of halogens is 1. The Bertz CT molecular complexity index is 533. The highest BCUT2D eigenvalue weighted by Gasteiger charge is 2.47. The molecule has 0 bridgehead atoms. The van der Waals surface area contributed by atoms with Gasteiger partial charge in [0.1, 0.15) is 5.54 Å². The number of hydrogen-bond donors (Lipinski definition) is 0. The summed E-state index contributed by atoms with van der Waals surface area (Å²) in [7, 11) is 0. The Hall–Kier alpha value is -1.87. The monoisotopic (exact) mass is 249 g/mol. The van der Waals surface area contributed by atoms with E-state index in [1.54, 1.807) is 12.1 Å². The van der Waals surface area contributed by atoms with Gasteiger partial charge in [-0.2, -0.15) is 4.99 Å². The molecule has 0 spiro atoms. The van der Waals surface area contributed by atoms with Crippen molar-refractivity contribution < 1.29 is 18.7 Å². The van der Waals surface area contributed by atoms with E-state index in [0.717, 1.165) is 6.42 Å². The average molecular weight is 249 g/mol. The lowest BCUT2D eigenvalue weighted by Gasteiger charge is -2.14. The van der Waals surface area contributed by atoms with E-state index in [1.807, 2.05) is 0 Å². The summed E-state index contributed by atoms with van der Waals surface area (Å²) in [5.41, 5.74) is -0.327. The zero-order valence-electron chi connectivity index (χ0n) is 9.74. The van der Waals surface area contributed by atoms with E-state index in [4.69, 9.17) is 9.47 Å². The van der Waals surface area contributed by atoms with Crippen LogP contribution in [0.1, 0.15) is 24.8 Å². The highest BCUT2D eigenvalue weighted by atomic mass is 19.1. The van der Waals surface area contributed by atoms with Crippen LogP contribution in [0.4, 0.5) is 4.39 Å². The maximum atomic E-state index is 14.4. The summed E-state index contributed by atoms with van der Waals surface area (Å²) in [6, 6.07) is 3.30. The van der Waals surface area contributed by atoms with Crippen LogP contribution in [0.5, 0.6) is 11.5 Å². The standard InChI is InChI=1S/C13H12FNO3/c14-11-9(13(4-5-13)15-8-16)2-3-10-12(11)18-7-1-6-17-10/h2-3H,1,4-7H2. The fourth-order valence-corrected chi connectivity index (χ4v) is 2.21. The first kappa shape index (κ1) is 11.2. The molecule has 1 aliphatic carbocycles. The minimum Gasteiger partial charge on any atom is -0.489 e. The highest BCUT2D eigenvalue weighted by Crippen LogP contribution is 2.52. The number of rotatable bonds is 2. The number of ether oxygens (including phenoxy) is 2. The lowest BCUT2D eigenvalue weighted by atomic mass is 10.0. The summed E-state index contributed by atoms with van der Waals surface area (Å²) >= 11 is 0. The van der Waals surface area contributed by atoms with Gasteiger partial charge in [0.2, 0.25) is 6.08 Å². The van der Waals surface area contributed by atoms with Crippen LogP contribution >= 0.6 is 0 Å². The number of hydrogen-bond acceptors (Lipinski definition) is 4. The summed E-state index contributed by atoms with van der Waals surface area (Å²) in [4.78, 5) is 14.1. The molecule has 0 amide bonds. The van der Waals surface area contributed by atoms with Gasteiger partial charge in [-0.05, 0) is 25.0 Å². The topological polar surface area (TPSA) is 47.9 Å². The van der Waals surface area contributed by atoms with E-state index in [1.165, 1.54) is 6.08 Å². The molecule has 1 aromatic rings. The van der Waals surface area contributed by atoms with Gasteiger partial charge in [0.25, 0.3) is 0 Å². The number of benzene rings is 1. The van der Waals surface area contributed by atoms with Gasteiger partial charge < -0.3 is 9.47 Å². The molecule has 0 aromatic heterocycles. The van der Waals surface area contributed by atoms with Gasteiger partial charge in [-0.15, -0.1) is 0 Å². The van der Waals surface area contributed by atoms with E-state index in [9.17, 15) is 9.18 Å². The molecule has 2 aliphatic rings. The second-order valence-electron chi connectivity index (χ2n) is 4.54. The first-order chi connectivity index (χ1) is 8.77. The van der Waals surface area contributed by atoms with Crippen LogP contribution in [0.2, 0.25) is 0 Å². The molecule has 0 unspecified atom stereocenters. The third kappa shape index (κ3) is 1.68. The minimum absolute atomic E-state index is 0.136. The molecule has 1 heterocycles. The summed E-state index contributed by atoms with van der Waals surface area (Å²) in [5, 5.41) is 0. The molecule has 94 valence electrons. The van der Waals surface area contributed by atoms with Crippen molar-refractivity contribution in [2.24, 2.45) is 4.99 Å². The van der Waals surface area contributed by atoms with Gasteiger partial charge in [-0.3, -0.25) is 0 Å². The molecular weight excluding hydrogens is 237 g/mol. The largest absolute Gasteiger partial charge is 0.489 e. The van der Waals surface area contributed by atoms with Crippen LogP contribution < -0.4 is 9.47 Å². The van der Waals surface area contributed by atoms with E-state index in [2.05, 4.69) is 4.99 Å². The molecule has 1 fully saturated rings. The van der Waals surface area contributed by atoms with Crippen molar-refractivity contribution in [1.82, 2.24) is 0 Å². The Kier molecular flexibility index (Phi) is 2.56. The Morgan fingerprint density at radius 2 is 2.06 bits per heavy atom. The maximum Gasteiger partial charge on any atom is 0.235 e. The van der Waals surface area contributed by atoms with Crippen molar-refractivity contribution in [3.05, 3.63) is 23.5 Å². The molecule has 0 atom stereocenters. The molecule has 4 nitrogen and oxygen atoms in total. The van der Waals surface area contributed by atoms with Crippen LogP contribution in [0.3, 0.4) is 0 Å². The SMILES string of the molecule is O=C=NC1(c2ccc3c(c2F)OCCCO3)CC1. The average Bonchev–Trinajstić information content (AvgIpc) is 3.14. The quantitative estimate of drug-likeness (QED) is 0.597. The molecule has 1 saturated carbocycles. The van der Waals surface area contributed by atoms with E-state index in [-0.39, 0.29) is 5.75 Å². The third-order valence-electron chi connectivity index (χ3n) is 3.34. The first-order valence-electron chi connectivity index (χ1n) is 5.94. The van der Waals surface area contributed by atoms with Crippen molar-refractivity contribution in [3.63, 3.8) is 0 Å². The van der Waals surface area contributed by atoms with Crippen LogP contribution in [0.15, 0.2) is 17.1 Å². The predicted octanol–water partition coefficient (Wildman–Crippen LogP) is 2.31. The van der Waals surface area contributed by atoms with Crippen molar-refractivity contribution >= 4 is 6.08 Å². The fourth-order valence-electron chi connectivity index (χ4n) is 2.21. The Labute approximate surface area is 103 Å². The second kappa shape index (κ2) is 4.10. The molecule has 0 radical (unpaired) electrons. The molecule has 0 N–H and O–H groups in total. The summed E-state index contributed by atoms with van der Waals surface area (Å²) < 4.78 is 25.2. The molecule has 1 aromatic carbocycles. The molecule has 1 aliphatic heterocycles. The second-order valence-corrected chi connectivity index (χ2v) is 4.54. The van der Waals surface area contributed by atoms with Gasteiger partial charge in [0.05, 0.1) is 13.2 Å². The third-order valence-corrected chi connectivity index (χ3v) is 3.34. The zero-order chi connectivity index (χ0) is 12.6. The Morgan fingerprint density at radius 1 is 1.28 bits per heavy atom. The minimum atomic E-state index is -0.726. The Balaban J connectivity index is 2.08. The van der Waals surface area contributed by atoms with E-state index >= 15 is 0 Å². The smallest absolute Gasteiger partial charge is 0.235 e. The Morgan fingerprint density at radius 3 is 2.78 bits per heavy atom. The van der Waals surface area contributed by atoms with Gasteiger partial charge in [0, 0.05) is 12.0 Å². The molecule has 0 saturated heterocycles. The predicted molar refractivity (Wildman–Crippen MR) is 61.0 cm³/mol. The lowest BCUT2D eigenvalue weighted by molar-refractivity contribution is 0.291. The van der Waals surface area contributed by atoms with Crippen molar-refractivity contribution in [2.75, 3.05) is 13.2 Å². The summed E-state index contributed by atoms with van der Waals surface area (Å²) in [5.74, 6) is 0.0860. The van der Waals surface area contributed by atoms with Crippen molar-refractivity contribution in [3.8, 4) is 11.5 Å². The number of carbonyl (C=O) groups excluding carboxylic acids is 1. The van der Waals surface area contributed by atoms with Crippen LogP contribution in [-0.4, -0.2) is 19.3 Å². The highest BCUT2D eigenvalue weighted by molar-refractivity contribution is 5.50. The number of isocyanates is 1. The molecular formula is C13H12FNO3. The van der Waals surface area contributed by atoms with Crippen molar-refractivity contribution in [1.29, 1.82) is 0 Å². The van der Waals surface area contributed by atoms with Crippen LogP contribution in [0.25, 0.3) is 0 Å². The van der Waals surface area contributed by atoms with Gasteiger partial charge in [-0.1, -0.05) is 0 Å². The van der Waals surface area contributed by atoms with E-state index < -0.39 is 11.4 Å². The number of fused-ring (bicyclic) bond motifs is 1. The van der Waals surface area contributed by atoms with Crippen LogP contribution in [0, 0.1) is 5.82 Å². The maximum absolute atomic E-state index is 14.4. The van der Waals surface area contributed by atoms with Gasteiger partial charge in [0.15, 0.2) is 17.3 Å². The van der Waals surface area contributed by atoms with Crippen LogP contribution in [-0.2, 0) is 10.3 Å². The van der Waals surface area contributed by atoms with E-state index in [0.29, 0.717) is 37.4 Å².